The topological polar surface area (TPSA) is 33.0 Å². The van der Waals surface area contributed by atoms with E-state index in [2.05, 4.69) is 6.07 Å². The van der Waals surface area contributed by atoms with Crippen molar-refractivity contribution >= 4 is 34.9 Å². The van der Waals surface area contributed by atoms with Crippen molar-refractivity contribution in [3.8, 4) is 11.8 Å². The zero-order valence-electron chi connectivity index (χ0n) is 15.0. The van der Waals surface area contributed by atoms with Gasteiger partial charge in [0.25, 0.3) is 0 Å². The van der Waals surface area contributed by atoms with Crippen LogP contribution in [-0.2, 0) is 6.61 Å². The molecule has 0 saturated carbocycles. The standard InChI is InChI=1S/C23H16Cl2FNO/c1-15-6-8-17(9-7-15)19(13-27)10-16-11-20(24)23(21(25)12-16)28-14-18-4-2-3-5-22(18)26/h2-12H,14H2,1H3/b19-10+. The van der Waals surface area contributed by atoms with E-state index in [0.29, 0.717) is 16.7 Å². The molecule has 0 heterocycles. The molecule has 0 radical (unpaired) electrons. The Balaban J connectivity index is 1.86. The molecule has 0 aliphatic rings. The molecule has 3 aromatic rings. The van der Waals surface area contributed by atoms with Crippen LogP contribution in [0.2, 0.25) is 10.0 Å². The average Bonchev–Trinajstić information content (AvgIpc) is 2.67. The van der Waals surface area contributed by atoms with Crippen molar-refractivity contribution in [1.82, 2.24) is 0 Å². The van der Waals surface area contributed by atoms with Gasteiger partial charge in [-0.05, 0) is 42.3 Å². The van der Waals surface area contributed by atoms with Crippen LogP contribution >= 0.6 is 23.2 Å². The van der Waals surface area contributed by atoms with Crippen LogP contribution in [0.3, 0.4) is 0 Å². The van der Waals surface area contributed by atoms with Gasteiger partial charge < -0.3 is 4.74 Å². The minimum absolute atomic E-state index is 0.00805. The van der Waals surface area contributed by atoms with Gasteiger partial charge in [0, 0.05) is 5.56 Å². The lowest BCUT2D eigenvalue weighted by Crippen LogP contribution is -1.99. The van der Waals surface area contributed by atoms with E-state index in [9.17, 15) is 9.65 Å². The summed E-state index contributed by atoms with van der Waals surface area (Å²) in [6.07, 6.45) is 1.71. The SMILES string of the molecule is Cc1ccc(/C(C#N)=C/c2cc(Cl)c(OCc3ccccc3F)c(Cl)c2)cc1. The maximum atomic E-state index is 13.7. The Labute approximate surface area is 173 Å². The fourth-order valence-corrected chi connectivity index (χ4v) is 3.26. The summed E-state index contributed by atoms with van der Waals surface area (Å²) >= 11 is 12.6. The highest BCUT2D eigenvalue weighted by Crippen LogP contribution is 2.36. The first-order valence-corrected chi connectivity index (χ1v) is 9.27. The van der Waals surface area contributed by atoms with Crippen LogP contribution in [0.15, 0.2) is 60.7 Å². The number of nitriles is 1. The second-order valence-corrected chi connectivity index (χ2v) is 7.04. The number of hydrogen-bond acceptors (Lipinski definition) is 2. The number of hydrogen-bond donors (Lipinski definition) is 0. The lowest BCUT2D eigenvalue weighted by atomic mass is 10.0. The van der Waals surface area contributed by atoms with Gasteiger partial charge in [-0.15, -0.1) is 0 Å². The maximum absolute atomic E-state index is 13.7. The first-order chi connectivity index (χ1) is 13.5. The lowest BCUT2D eigenvalue weighted by molar-refractivity contribution is 0.300. The summed E-state index contributed by atoms with van der Waals surface area (Å²) in [4.78, 5) is 0. The predicted octanol–water partition coefficient (Wildman–Crippen LogP) is 7.08. The van der Waals surface area contributed by atoms with E-state index in [4.69, 9.17) is 27.9 Å². The molecule has 28 heavy (non-hydrogen) atoms. The summed E-state index contributed by atoms with van der Waals surface area (Å²) in [6.45, 7) is 1.99. The fraction of sp³-hybridized carbons (Fsp3) is 0.0870. The van der Waals surface area contributed by atoms with E-state index in [-0.39, 0.29) is 28.2 Å². The Morgan fingerprint density at radius 1 is 1.07 bits per heavy atom. The van der Waals surface area contributed by atoms with Crippen LogP contribution in [0.5, 0.6) is 5.75 Å². The van der Waals surface area contributed by atoms with E-state index in [1.165, 1.54) is 6.07 Å². The van der Waals surface area contributed by atoms with Crippen LogP contribution in [0.1, 0.15) is 22.3 Å². The van der Waals surface area contributed by atoms with Gasteiger partial charge in [0.05, 0.1) is 21.7 Å². The molecule has 0 fully saturated rings. The Hall–Kier alpha value is -2.80. The third-order valence-electron chi connectivity index (χ3n) is 4.14. The normalized spacial score (nSPS) is 11.2. The van der Waals surface area contributed by atoms with E-state index in [1.54, 1.807) is 36.4 Å². The molecule has 0 aliphatic heterocycles. The molecule has 0 spiro atoms. The molecule has 0 saturated heterocycles. The smallest absolute Gasteiger partial charge is 0.157 e. The molecule has 0 bridgehead atoms. The number of benzene rings is 3. The summed E-state index contributed by atoms with van der Waals surface area (Å²) in [5.41, 5.74) is 3.49. The van der Waals surface area contributed by atoms with Gasteiger partial charge in [-0.25, -0.2) is 4.39 Å². The Morgan fingerprint density at radius 2 is 1.71 bits per heavy atom. The van der Waals surface area contributed by atoms with E-state index in [1.807, 2.05) is 31.2 Å². The molecular formula is C23H16Cl2FNO. The number of halogens is 3. The number of ether oxygens (including phenoxy) is 1. The summed E-state index contributed by atoms with van der Waals surface area (Å²) in [7, 11) is 0. The minimum Gasteiger partial charge on any atom is -0.486 e. The molecule has 0 amide bonds. The molecule has 0 atom stereocenters. The van der Waals surface area contributed by atoms with E-state index >= 15 is 0 Å². The van der Waals surface area contributed by atoms with Gasteiger partial charge in [-0.3, -0.25) is 0 Å². The maximum Gasteiger partial charge on any atom is 0.157 e. The zero-order chi connectivity index (χ0) is 20.1. The molecular weight excluding hydrogens is 396 g/mol. The van der Waals surface area contributed by atoms with E-state index in [0.717, 1.165) is 11.1 Å². The van der Waals surface area contributed by atoms with Crippen molar-refractivity contribution in [3.05, 3.63) is 98.8 Å². The van der Waals surface area contributed by atoms with Crippen LogP contribution in [-0.4, -0.2) is 0 Å². The van der Waals surface area contributed by atoms with Gasteiger partial charge in [0.15, 0.2) is 5.75 Å². The summed E-state index contributed by atoms with van der Waals surface area (Å²) < 4.78 is 19.4. The first kappa shape index (κ1) is 19.9. The second-order valence-electron chi connectivity index (χ2n) is 6.23. The monoisotopic (exact) mass is 411 g/mol. The number of nitrogens with zero attached hydrogens (tertiary/aromatic N) is 1. The third kappa shape index (κ3) is 4.72. The molecule has 0 unspecified atom stereocenters. The molecule has 0 aliphatic carbocycles. The molecule has 2 nitrogen and oxygen atoms in total. The summed E-state index contributed by atoms with van der Waals surface area (Å²) in [5, 5.41) is 10.1. The predicted molar refractivity (Wildman–Crippen MR) is 112 cm³/mol. The second kappa shape index (κ2) is 8.93. The highest BCUT2D eigenvalue weighted by atomic mass is 35.5. The quantitative estimate of drug-likeness (QED) is 0.331. The van der Waals surface area contributed by atoms with Crippen molar-refractivity contribution in [2.45, 2.75) is 13.5 Å². The number of aryl methyl sites for hydroxylation is 1. The number of rotatable bonds is 5. The van der Waals surface area contributed by atoms with Crippen LogP contribution in [0.25, 0.3) is 11.6 Å². The summed E-state index contributed by atoms with van der Waals surface area (Å²) in [6, 6.07) is 19.5. The van der Waals surface area contributed by atoms with Crippen LogP contribution < -0.4 is 4.74 Å². The molecule has 0 N–H and O–H groups in total. The fourth-order valence-electron chi connectivity index (χ4n) is 2.65. The first-order valence-electron chi connectivity index (χ1n) is 8.52. The Bertz CT molecular complexity index is 1050. The van der Waals surface area contributed by atoms with Crippen LogP contribution in [0, 0.1) is 24.1 Å². The highest BCUT2D eigenvalue weighted by molar-refractivity contribution is 6.37. The van der Waals surface area contributed by atoms with Crippen LogP contribution in [0.4, 0.5) is 4.39 Å². The minimum atomic E-state index is -0.356. The van der Waals surface area contributed by atoms with E-state index < -0.39 is 0 Å². The Morgan fingerprint density at radius 3 is 2.32 bits per heavy atom. The van der Waals surface area contributed by atoms with Crippen molar-refractivity contribution in [2.75, 3.05) is 0 Å². The Kier molecular flexibility index (Phi) is 6.36. The molecule has 140 valence electrons. The van der Waals surface area contributed by atoms with Gasteiger partial charge in [-0.1, -0.05) is 71.2 Å². The molecule has 5 heteroatoms. The molecule has 3 rings (SSSR count). The van der Waals surface area contributed by atoms with Crippen molar-refractivity contribution in [1.29, 1.82) is 5.26 Å². The van der Waals surface area contributed by atoms with Gasteiger partial charge in [-0.2, -0.15) is 5.26 Å². The summed E-state index contributed by atoms with van der Waals surface area (Å²) in [5.74, 6) is -0.0800. The third-order valence-corrected chi connectivity index (χ3v) is 4.71. The highest BCUT2D eigenvalue weighted by Gasteiger charge is 2.12. The van der Waals surface area contributed by atoms with Crippen molar-refractivity contribution in [3.63, 3.8) is 0 Å². The van der Waals surface area contributed by atoms with Gasteiger partial charge >= 0.3 is 0 Å². The molecule has 0 aromatic heterocycles. The number of allylic oxidation sites excluding steroid dienone is 1. The average molecular weight is 412 g/mol. The van der Waals surface area contributed by atoms with Crippen molar-refractivity contribution in [2.24, 2.45) is 0 Å². The van der Waals surface area contributed by atoms with Crippen molar-refractivity contribution < 1.29 is 9.13 Å². The molecule has 3 aromatic carbocycles. The zero-order valence-corrected chi connectivity index (χ0v) is 16.6. The largest absolute Gasteiger partial charge is 0.486 e. The lowest BCUT2D eigenvalue weighted by Gasteiger charge is -2.11. The van der Waals surface area contributed by atoms with Gasteiger partial charge in [0.1, 0.15) is 12.4 Å². The van der Waals surface area contributed by atoms with Gasteiger partial charge in [0.2, 0.25) is 0 Å².